The van der Waals surface area contributed by atoms with E-state index in [4.69, 9.17) is 0 Å². The molecule has 1 aliphatic heterocycles. The molecule has 3 heterocycles. The molecule has 0 radical (unpaired) electrons. The Morgan fingerprint density at radius 1 is 1.13 bits per heavy atom. The van der Waals surface area contributed by atoms with Gasteiger partial charge in [0.15, 0.2) is 0 Å². The number of nitrogens with zero attached hydrogens (tertiary/aromatic N) is 5. The normalized spacial score (nSPS) is 18.8. The van der Waals surface area contributed by atoms with Gasteiger partial charge in [0.2, 0.25) is 11.9 Å². The standard InChI is InChI=1S/C21H19F3N6O/c1-13-5-6-15(11-16(13)17-4-2-9-27-29-17)28-19(31)18-10-14(21(22,23)24)12-30(18)20-25-7-3-8-26-20/h2-9,11,14,18H,10,12H2,1H3,(H,28,31)/t14-,18+/m1/s1. The van der Waals surface area contributed by atoms with Crippen molar-refractivity contribution in [2.45, 2.75) is 25.6 Å². The van der Waals surface area contributed by atoms with E-state index in [-0.39, 0.29) is 18.9 Å². The number of halogens is 3. The Bertz CT molecular complexity index is 1060. The number of aromatic nitrogens is 4. The van der Waals surface area contributed by atoms with Crippen LogP contribution in [0.15, 0.2) is 55.0 Å². The fraction of sp³-hybridized carbons (Fsp3) is 0.286. The molecule has 1 saturated heterocycles. The molecule has 7 nitrogen and oxygen atoms in total. The minimum atomic E-state index is -4.41. The minimum Gasteiger partial charge on any atom is -0.328 e. The third-order valence-electron chi connectivity index (χ3n) is 5.23. The molecule has 3 aromatic rings. The second kappa shape index (κ2) is 8.29. The van der Waals surface area contributed by atoms with Crippen molar-refractivity contribution < 1.29 is 18.0 Å². The average molecular weight is 428 g/mol. The van der Waals surface area contributed by atoms with Crippen LogP contribution < -0.4 is 10.2 Å². The number of amides is 1. The van der Waals surface area contributed by atoms with Crippen molar-refractivity contribution in [3.8, 4) is 11.3 Å². The Hall–Kier alpha value is -3.56. The molecule has 0 bridgehead atoms. The smallest absolute Gasteiger partial charge is 0.328 e. The molecule has 1 aliphatic rings. The lowest BCUT2D eigenvalue weighted by molar-refractivity contribution is -0.168. The summed E-state index contributed by atoms with van der Waals surface area (Å²) < 4.78 is 40.2. The van der Waals surface area contributed by atoms with E-state index in [1.165, 1.54) is 17.3 Å². The van der Waals surface area contributed by atoms with Gasteiger partial charge in [-0.25, -0.2) is 9.97 Å². The van der Waals surface area contributed by atoms with Crippen molar-refractivity contribution in [1.82, 2.24) is 20.2 Å². The van der Waals surface area contributed by atoms with E-state index in [1.807, 2.05) is 13.0 Å². The Kier molecular flexibility index (Phi) is 5.53. The van der Waals surface area contributed by atoms with Gasteiger partial charge in [0.1, 0.15) is 6.04 Å². The zero-order valence-corrected chi connectivity index (χ0v) is 16.5. The number of nitrogens with one attached hydrogen (secondary N) is 1. The molecule has 4 rings (SSSR count). The van der Waals surface area contributed by atoms with E-state index in [0.717, 1.165) is 11.1 Å². The summed E-state index contributed by atoms with van der Waals surface area (Å²) >= 11 is 0. The Balaban J connectivity index is 1.59. The maximum Gasteiger partial charge on any atom is 0.393 e. The van der Waals surface area contributed by atoms with Crippen LogP contribution >= 0.6 is 0 Å². The van der Waals surface area contributed by atoms with Crippen LogP contribution in [0.1, 0.15) is 12.0 Å². The molecule has 2 atom stereocenters. The number of aryl methyl sites for hydroxylation is 1. The number of rotatable bonds is 4. The first-order valence-electron chi connectivity index (χ1n) is 9.63. The van der Waals surface area contributed by atoms with Gasteiger partial charge in [-0.1, -0.05) is 6.07 Å². The van der Waals surface area contributed by atoms with Gasteiger partial charge in [0.05, 0.1) is 11.6 Å². The highest BCUT2D eigenvalue weighted by Crippen LogP contribution is 2.38. The Morgan fingerprint density at radius 3 is 2.58 bits per heavy atom. The molecular formula is C21H19F3N6O. The largest absolute Gasteiger partial charge is 0.393 e. The summed E-state index contributed by atoms with van der Waals surface area (Å²) in [7, 11) is 0. The van der Waals surface area contributed by atoms with Crippen molar-refractivity contribution in [3.63, 3.8) is 0 Å². The first kappa shape index (κ1) is 20.7. The van der Waals surface area contributed by atoms with E-state index < -0.39 is 24.0 Å². The number of carbonyl (C=O) groups is 1. The molecule has 1 aromatic carbocycles. The van der Waals surface area contributed by atoms with Gasteiger partial charge in [0.25, 0.3) is 0 Å². The topological polar surface area (TPSA) is 83.9 Å². The zero-order valence-electron chi connectivity index (χ0n) is 16.5. The number of benzene rings is 1. The molecule has 0 spiro atoms. The quantitative estimate of drug-likeness (QED) is 0.683. The summed E-state index contributed by atoms with van der Waals surface area (Å²) in [5.74, 6) is -2.09. The van der Waals surface area contributed by atoms with E-state index in [2.05, 4.69) is 25.5 Å². The zero-order chi connectivity index (χ0) is 22.0. The van der Waals surface area contributed by atoms with Gasteiger partial charge in [-0.05, 0) is 49.2 Å². The van der Waals surface area contributed by atoms with Gasteiger partial charge in [-0.2, -0.15) is 23.4 Å². The van der Waals surface area contributed by atoms with Gasteiger partial charge in [-0.3, -0.25) is 4.79 Å². The van der Waals surface area contributed by atoms with Crippen molar-refractivity contribution in [2.75, 3.05) is 16.8 Å². The molecule has 2 aromatic heterocycles. The maximum atomic E-state index is 13.4. The highest BCUT2D eigenvalue weighted by molar-refractivity contribution is 5.97. The van der Waals surface area contributed by atoms with Crippen LogP contribution in [0.5, 0.6) is 0 Å². The number of hydrogen-bond acceptors (Lipinski definition) is 6. The Labute approximate surface area is 176 Å². The van der Waals surface area contributed by atoms with Gasteiger partial charge < -0.3 is 10.2 Å². The highest BCUT2D eigenvalue weighted by Gasteiger charge is 2.50. The van der Waals surface area contributed by atoms with E-state index in [0.29, 0.717) is 11.4 Å². The van der Waals surface area contributed by atoms with Gasteiger partial charge >= 0.3 is 6.18 Å². The van der Waals surface area contributed by atoms with Crippen molar-refractivity contribution in [2.24, 2.45) is 5.92 Å². The summed E-state index contributed by atoms with van der Waals surface area (Å²) in [5.41, 5.74) is 2.79. The second-order valence-electron chi connectivity index (χ2n) is 7.32. The maximum absolute atomic E-state index is 13.4. The van der Waals surface area contributed by atoms with Crippen LogP contribution in [-0.4, -0.2) is 44.8 Å². The van der Waals surface area contributed by atoms with Crippen molar-refractivity contribution in [1.29, 1.82) is 0 Å². The fourth-order valence-corrected chi connectivity index (χ4v) is 3.63. The summed E-state index contributed by atoms with van der Waals surface area (Å²) in [6.45, 7) is 1.53. The van der Waals surface area contributed by atoms with Crippen LogP contribution in [0.2, 0.25) is 0 Å². The van der Waals surface area contributed by atoms with Crippen molar-refractivity contribution >= 4 is 17.5 Å². The lowest BCUT2D eigenvalue weighted by Gasteiger charge is -2.23. The lowest BCUT2D eigenvalue weighted by atomic mass is 10.0. The summed E-state index contributed by atoms with van der Waals surface area (Å²) in [5, 5.41) is 10.7. The molecule has 0 aliphatic carbocycles. The predicted octanol–water partition coefficient (Wildman–Crippen LogP) is 3.64. The summed E-state index contributed by atoms with van der Waals surface area (Å²) in [6, 6.07) is 9.31. The van der Waals surface area contributed by atoms with E-state index in [1.54, 1.807) is 36.5 Å². The predicted molar refractivity (Wildman–Crippen MR) is 108 cm³/mol. The summed E-state index contributed by atoms with van der Waals surface area (Å²) in [6.07, 6.45) is -0.347. The number of alkyl halides is 3. The van der Waals surface area contributed by atoms with Gasteiger partial charge in [-0.15, -0.1) is 0 Å². The molecule has 160 valence electrons. The number of hydrogen-bond donors (Lipinski definition) is 1. The monoisotopic (exact) mass is 428 g/mol. The SMILES string of the molecule is Cc1ccc(NC(=O)[C@@H]2C[C@@H](C(F)(F)F)CN2c2ncccn2)cc1-c1cccnn1. The second-order valence-corrected chi connectivity index (χ2v) is 7.32. The summed E-state index contributed by atoms with van der Waals surface area (Å²) in [4.78, 5) is 22.4. The molecule has 0 saturated carbocycles. The third-order valence-corrected chi connectivity index (χ3v) is 5.23. The lowest BCUT2D eigenvalue weighted by Crippen LogP contribution is -2.40. The van der Waals surface area contributed by atoms with E-state index in [9.17, 15) is 18.0 Å². The van der Waals surface area contributed by atoms with Crippen LogP contribution in [0, 0.1) is 12.8 Å². The molecule has 31 heavy (non-hydrogen) atoms. The third kappa shape index (κ3) is 4.47. The fourth-order valence-electron chi connectivity index (χ4n) is 3.63. The molecule has 1 N–H and O–H groups in total. The molecule has 1 amide bonds. The molecule has 0 unspecified atom stereocenters. The minimum absolute atomic E-state index is 0.0959. The Morgan fingerprint density at radius 2 is 1.90 bits per heavy atom. The molecule has 10 heteroatoms. The number of carbonyl (C=O) groups excluding carboxylic acids is 1. The van der Waals surface area contributed by atoms with Crippen LogP contribution in [0.3, 0.4) is 0 Å². The van der Waals surface area contributed by atoms with E-state index >= 15 is 0 Å². The molecule has 1 fully saturated rings. The average Bonchev–Trinajstić information content (AvgIpc) is 3.23. The van der Waals surface area contributed by atoms with Crippen LogP contribution in [0.4, 0.5) is 24.8 Å². The first-order chi connectivity index (χ1) is 14.8. The first-order valence-corrected chi connectivity index (χ1v) is 9.63. The molecular weight excluding hydrogens is 409 g/mol. The van der Waals surface area contributed by atoms with Crippen molar-refractivity contribution in [3.05, 3.63) is 60.6 Å². The van der Waals surface area contributed by atoms with Crippen LogP contribution in [0.25, 0.3) is 11.3 Å². The van der Waals surface area contributed by atoms with Crippen LogP contribution in [-0.2, 0) is 4.79 Å². The number of anilines is 2. The van der Waals surface area contributed by atoms with Gasteiger partial charge in [0, 0.05) is 36.4 Å². The highest BCUT2D eigenvalue weighted by atomic mass is 19.4.